The normalized spacial score (nSPS) is 18.0. The minimum atomic E-state index is 0.103. The molecule has 22 heavy (non-hydrogen) atoms. The standard InChI is InChI=1S/C17H22N4O/c1-12(14-6-5-13(2)20-9-14)8-18-10-15-11-21-16-4-3-7-19-17(16)22-15/h3-7,9,12,15,18,21H,8,10-11H2,1-2H3. The third-order valence-corrected chi connectivity index (χ3v) is 3.90. The van der Waals surface area contributed by atoms with Gasteiger partial charge in [0.05, 0.1) is 12.2 Å². The van der Waals surface area contributed by atoms with Crippen LogP contribution in [-0.2, 0) is 0 Å². The number of pyridine rings is 2. The predicted octanol–water partition coefficient (Wildman–Crippen LogP) is 2.35. The van der Waals surface area contributed by atoms with Gasteiger partial charge in [-0.15, -0.1) is 0 Å². The third kappa shape index (κ3) is 3.54. The largest absolute Gasteiger partial charge is 0.470 e. The van der Waals surface area contributed by atoms with Gasteiger partial charge >= 0.3 is 0 Å². The van der Waals surface area contributed by atoms with Crippen LogP contribution in [0.25, 0.3) is 0 Å². The summed E-state index contributed by atoms with van der Waals surface area (Å²) in [6, 6.07) is 8.10. The molecule has 0 radical (unpaired) electrons. The second-order valence-electron chi connectivity index (χ2n) is 5.77. The summed E-state index contributed by atoms with van der Waals surface area (Å²) < 4.78 is 5.89. The fourth-order valence-electron chi connectivity index (χ4n) is 2.51. The second kappa shape index (κ2) is 6.75. The quantitative estimate of drug-likeness (QED) is 0.887. The summed E-state index contributed by atoms with van der Waals surface area (Å²) in [5.74, 6) is 1.12. The van der Waals surface area contributed by atoms with Crippen LogP contribution in [0.1, 0.15) is 24.1 Å². The number of ether oxygens (including phenoxy) is 1. The molecule has 5 nitrogen and oxygen atoms in total. The molecule has 2 unspecified atom stereocenters. The van der Waals surface area contributed by atoms with Crippen molar-refractivity contribution in [3.63, 3.8) is 0 Å². The molecule has 2 aromatic heterocycles. The van der Waals surface area contributed by atoms with Crippen LogP contribution in [0.2, 0.25) is 0 Å². The Morgan fingerprint density at radius 3 is 3.09 bits per heavy atom. The summed E-state index contributed by atoms with van der Waals surface area (Å²) in [7, 11) is 0. The molecular weight excluding hydrogens is 276 g/mol. The summed E-state index contributed by atoms with van der Waals surface area (Å²) in [4.78, 5) is 8.60. The zero-order valence-electron chi connectivity index (χ0n) is 13.0. The molecule has 0 bridgehead atoms. The zero-order valence-corrected chi connectivity index (χ0v) is 13.0. The molecule has 2 N–H and O–H groups in total. The van der Waals surface area contributed by atoms with Gasteiger partial charge in [0.25, 0.3) is 0 Å². The lowest BCUT2D eigenvalue weighted by atomic mass is 10.0. The molecule has 0 spiro atoms. The molecule has 0 saturated heterocycles. The van der Waals surface area contributed by atoms with Crippen LogP contribution in [0.4, 0.5) is 5.69 Å². The van der Waals surface area contributed by atoms with E-state index in [0.717, 1.165) is 31.0 Å². The van der Waals surface area contributed by atoms with Crippen molar-refractivity contribution < 1.29 is 4.74 Å². The lowest BCUT2D eigenvalue weighted by molar-refractivity contribution is 0.193. The Balaban J connectivity index is 1.47. The van der Waals surface area contributed by atoms with Gasteiger partial charge < -0.3 is 15.4 Å². The van der Waals surface area contributed by atoms with E-state index in [2.05, 4.69) is 39.7 Å². The van der Waals surface area contributed by atoms with Crippen molar-refractivity contribution in [2.45, 2.75) is 25.9 Å². The molecule has 0 saturated carbocycles. The van der Waals surface area contributed by atoms with Crippen LogP contribution in [0, 0.1) is 6.92 Å². The smallest absolute Gasteiger partial charge is 0.237 e. The molecule has 0 amide bonds. The van der Waals surface area contributed by atoms with Crippen LogP contribution >= 0.6 is 0 Å². The Morgan fingerprint density at radius 1 is 1.36 bits per heavy atom. The molecule has 1 aliphatic rings. The van der Waals surface area contributed by atoms with Gasteiger partial charge in [0.15, 0.2) is 0 Å². The summed E-state index contributed by atoms with van der Waals surface area (Å²) in [6.45, 7) is 6.71. The van der Waals surface area contributed by atoms with Crippen molar-refractivity contribution in [2.75, 3.05) is 25.0 Å². The Labute approximate surface area is 131 Å². The molecule has 116 valence electrons. The number of fused-ring (bicyclic) bond motifs is 1. The van der Waals surface area contributed by atoms with Crippen LogP contribution in [0.5, 0.6) is 5.88 Å². The van der Waals surface area contributed by atoms with Gasteiger partial charge in [-0.05, 0) is 36.6 Å². The van der Waals surface area contributed by atoms with Crippen molar-refractivity contribution in [3.8, 4) is 5.88 Å². The van der Waals surface area contributed by atoms with Crippen LogP contribution in [0.3, 0.4) is 0 Å². The highest BCUT2D eigenvalue weighted by atomic mass is 16.5. The Morgan fingerprint density at radius 2 is 2.27 bits per heavy atom. The zero-order chi connectivity index (χ0) is 15.4. The summed E-state index contributed by atoms with van der Waals surface area (Å²) in [5, 5.41) is 6.83. The van der Waals surface area contributed by atoms with Crippen LogP contribution in [-0.4, -0.2) is 35.7 Å². The number of aryl methyl sites for hydroxylation is 1. The molecule has 0 fully saturated rings. The van der Waals surface area contributed by atoms with Crippen molar-refractivity contribution >= 4 is 5.69 Å². The van der Waals surface area contributed by atoms with E-state index in [4.69, 9.17) is 4.74 Å². The highest BCUT2D eigenvalue weighted by Crippen LogP contribution is 2.25. The molecular formula is C17H22N4O. The number of anilines is 1. The summed E-state index contributed by atoms with van der Waals surface area (Å²) in [6.07, 6.45) is 3.81. The highest BCUT2D eigenvalue weighted by molar-refractivity contribution is 5.53. The third-order valence-electron chi connectivity index (χ3n) is 3.90. The van der Waals surface area contributed by atoms with E-state index in [9.17, 15) is 0 Å². The summed E-state index contributed by atoms with van der Waals surface area (Å²) >= 11 is 0. The number of nitrogens with one attached hydrogen (secondary N) is 2. The highest BCUT2D eigenvalue weighted by Gasteiger charge is 2.19. The Hall–Kier alpha value is -2.14. The van der Waals surface area contributed by atoms with Gasteiger partial charge in [-0.2, -0.15) is 0 Å². The van der Waals surface area contributed by atoms with Crippen molar-refractivity contribution in [1.29, 1.82) is 0 Å². The van der Waals surface area contributed by atoms with Gasteiger partial charge in [0.1, 0.15) is 6.10 Å². The Kier molecular flexibility index (Phi) is 4.53. The summed E-state index contributed by atoms with van der Waals surface area (Å²) in [5.41, 5.74) is 3.28. The predicted molar refractivity (Wildman–Crippen MR) is 87.4 cm³/mol. The van der Waals surface area contributed by atoms with Gasteiger partial charge in [0.2, 0.25) is 5.88 Å². The van der Waals surface area contributed by atoms with E-state index in [-0.39, 0.29) is 6.10 Å². The number of hydrogen-bond donors (Lipinski definition) is 2. The fraction of sp³-hybridized carbons (Fsp3) is 0.412. The van der Waals surface area contributed by atoms with Gasteiger partial charge in [-0.25, -0.2) is 4.98 Å². The van der Waals surface area contributed by atoms with Crippen molar-refractivity contribution in [2.24, 2.45) is 0 Å². The molecule has 2 aromatic rings. The van der Waals surface area contributed by atoms with Gasteiger partial charge in [0, 0.05) is 31.2 Å². The van der Waals surface area contributed by atoms with Crippen molar-refractivity contribution in [3.05, 3.63) is 47.9 Å². The molecule has 0 aromatic carbocycles. The molecule has 3 heterocycles. The van der Waals surface area contributed by atoms with Crippen LogP contribution in [0.15, 0.2) is 36.7 Å². The number of nitrogens with zero attached hydrogens (tertiary/aromatic N) is 2. The van der Waals surface area contributed by atoms with E-state index >= 15 is 0 Å². The minimum Gasteiger partial charge on any atom is -0.470 e. The first kappa shape index (κ1) is 14.8. The monoisotopic (exact) mass is 298 g/mol. The van der Waals surface area contributed by atoms with E-state index < -0.39 is 0 Å². The van der Waals surface area contributed by atoms with E-state index in [1.165, 1.54) is 5.56 Å². The van der Waals surface area contributed by atoms with E-state index in [1.807, 2.05) is 25.3 Å². The number of aromatic nitrogens is 2. The minimum absolute atomic E-state index is 0.103. The first-order valence-electron chi connectivity index (χ1n) is 7.71. The topological polar surface area (TPSA) is 59.1 Å². The average molecular weight is 298 g/mol. The lowest BCUT2D eigenvalue weighted by Gasteiger charge is -2.26. The molecule has 0 aliphatic carbocycles. The first-order chi connectivity index (χ1) is 10.7. The maximum Gasteiger partial charge on any atom is 0.237 e. The Bertz CT molecular complexity index is 614. The van der Waals surface area contributed by atoms with Gasteiger partial charge in [-0.3, -0.25) is 4.98 Å². The molecule has 3 rings (SSSR count). The first-order valence-corrected chi connectivity index (χ1v) is 7.71. The molecule has 5 heteroatoms. The molecule has 2 atom stereocenters. The fourth-order valence-corrected chi connectivity index (χ4v) is 2.51. The maximum absolute atomic E-state index is 5.89. The number of hydrogen-bond acceptors (Lipinski definition) is 5. The van der Waals surface area contributed by atoms with E-state index in [0.29, 0.717) is 11.8 Å². The van der Waals surface area contributed by atoms with E-state index in [1.54, 1.807) is 6.20 Å². The maximum atomic E-state index is 5.89. The van der Waals surface area contributed by atoms with Crippen molar-refractivity contribution in [1.82, 2.24) is 15.3 Å². The SMILES string of the molecule is Cc1ccc(C(C)CNCC2CNc3cccnc3O2)cn1. The average Bonchev–Trinajstić information content (AvgIpc) is 2.55. The number of rotatable bonds is 5. The van der Waals surface area contributed by atoms with Gasteiger partial charge in [-0.1, -0.05) is 13.0 Å². The molecule has 1 aliphatic heterocycles. The lowest BCUT2D eigenvalue weighted by Crippen LogP contribution is -2.40. The van der Waals surface area contributed by atoms with Crippen LogP contribution < -0.4 is 15.4 Å². The second-order valence-corrected chi connectivity index (χ2v) is 5.77.